The number of nitro groups is 1. The Bertz CT molecular complexity index is 1280. The van der Waals surface area contributed by atoms with Crippen LogP contribution in [-0.2, 0) is 11.4 Å². The van der Waals surface area contributed by atoms with Gasteiger partial charge in [-0.3, -0.25) is 14.9 Å². The molecule has 0 aromatic heterocycles. The van der Waals surface area contributed by atoms with E-state index >= 15 is 0 Å². The van der Waals surface area contributed by atoms with E-state index in [0.29, 0.717) is 5.56 Å². The van der Waals surface area contributed by atoms with Crippen molar-refractivity contribution in [2.75, 3.05) is 12.4 Å². The average molecular weight is 498 g/mol. The Morgan fingerprint density at radius 2 is 1.82 bits per heavy atom. The van der Waals surface area contributed by atoms with Crippen LogP contribution in [-0.4, -0.2) is 17.9 Å². The summed E-state index contributed by atoms with van der Waals surface area (Å²) in [4.78, 5) is 23.1. The molecule has 0 aliphatic rings. The van der Waals surface area contributed by atoms with E-state index in [0.717, 1.165) is 11.6 Å². The molecule has 3 aromatic carbocycles. The number of nitrogens with zero attached hydrogens (tertiary/aromatic N) is 2. The minimum Gasteiger partial charge on any atom is -0.495 e. The van der Waals surface area contributed by atoms with Gasteiger partial charge in [0.1, 0.15) is 24.0 Å². The molecule has 0 saturated heterocycles. The summed E-state index contributed by atoms with van der Waals surface area (Å²) in [6.45, 7) is 0.256. The summed E-state index contributed by atoms with van der Waals surface area (Å²) in [6, 6.07) is 18.0. The Balaban J connectivity index is 1.82. The van der Waals surface area contributed by atoms with Crippen LogP contribution < -0.4 is 14.8 Å². The molecule has 8 nitrogen and oxygen atoms in total. The number of methoxy groups -OCH3 is 1. The summed E-state index contributed by atoms with van der Waals surface area (Å²) in [7, 11) is 1.35. The van der Waals surface area contributed by atoms with Gasteiger partial charge in [-0.2, -0.15) is 5.26 Å². The summed E-state index contributed by atoms with van der Waals surface area (Å²) in [5.41, 5.74) is 0.837. The summed E-state index contributed by atoms with van der Waals surface area (Å²) < 4.78 is 10.8. The largest absolute Gasteiger partial charge is 0.495 e. The number of anilines is 1. The summed E-state index contributed by atoms with van der Waals surface area (Å²) in [6.07, 6.45) is 1.29. The van der Waals surface area contributed by atoms with Crippen molar-refractivity contribution in [1.29, 1.82) is 5.26 Å². The van der Waals surface area contributed by atoms with Crippen LogP contribution >= 0.6 is 23.2 Å². The molecular formula is C24H17Cl2N3O5. The van der Waals surface area contributed by atoms with Crippen molar-refractivity contribution in [1.82, 2.24) is 0 Å². The third-order valence-electron chi connectivity index (χ3n) is 4.56. The highest BCUT2D eigenvalue weighted by atomic mass is 35.5. The molecule has 3 aromatic rings. The van der Waals surface area contributed by atoms with Crippen LogP contribution in [0.1, 0.15) is 11.1 Å². The molecule has 3 rings (SSSR count). The van der Waals surface area contributed by atoms with Gasteiger partial charge in [0.25, 0.3) is 11.6 Å². The Labute approximate surface area is 205 Å². The van der Waals surface area contributed by atoms with Crippen molar-refractivity contribution in [3.63, 3.8) is 0 Å². The molecule has 0 saturated carbocycles. The normalized spacial score (nSPS) is 10.8. The number of halogens is 2. The zero-order valence-electron chi connectivity index (χ0n) is 17.7. The van der Waals surface area contributed by atoms with Gasteiger partial charge in [0, 0.05) is 12.1 Å². The fraction of sp³-hybridized carbons (Fsp3) is 0.0833. The molecule has 0 aliphatic carbocycles. The van der Waals surface area contributed by atoms with Crippen LogP contribution in [0.15, 0.2) is 66.2 Å². The van der Waals surface area contributed by atoms with Gasteiger partial charge in [0.2, 0.25) is 0 Å². The fourth-order valence-electron chi connectivity index (χ4n) is 2.94. The second-order valence-corrected chi connectivity index (χ2v) is 7.67. The summed E-state index contributed by atoms with van der Waals surface area (Å²) >= 11 is 12.6. The number of non-ortho nitro benzene ring substituents is 1. The molecule has 1 N–H and O–H groups in total. The molecule has 0 atom stereocenters. The lowest BCUT2D eigenvalue weighted by Gasteiger charge is -2.12. The van der Waals surface area contributed by atoms with Crippen LogP contribution in [0.2, 0.25) is 10.0 Å². The number of hydrogen-bond acceptors (Lipinski definition) is 6. The van der Waals surface area contributed by atoms with E-state index in [2.05, 4.69) is 5.32 Å². The van der Waals surface area contributed by atoms with Crippen molar-refractivity contribution in [3.05, 3.63) is 97.5 Å². The molecule has 34 heavy (non-hydrogen) atoms. The molecule has 10 heteroatoms. The third-order valence-corrected chi connectivity index (χ3v) is 5.13. The molecule has 0 radical (unpaired) electrons. The molecule has 0 aliphatic heterocycles. The van der Waals surface area contributed by atoms with Crippen LogP contribution in [0.4, 0.5) is 11.4 Å². The van der Waals surface area contributed by atoms with E-state index in [1.165, 1.54) is 37.5 Å². The molecule has 172 valence electrons. The van der Waals surface area contributed by atoms with Crippen LogP contribution in [0.3, 0.4) is 0 Å². The third kappa shape index (κ3) is 6.04. The number of carbonyl (C=O) groups is 1. The predicted molar refractivity (Wildman–Crippen MR) is 129 cm³/mol. The number of carbonyl (C=O) groups excluding carboxylic acids is 1. The summed E-state index contributed by atoms with van der Waals surface area (Å²) in [5.74, 6) is -0.325. The Morgan fingerprint density at radius 1 is 1.15 bits per heavy atom. The monoisotopic (exact) mass is 497 g/mol. The number of nitro benzene ring substituents is 1. The number of nitrogens with one attached hydrogen (secondary N) is 1. The van der Waals surface area contributed by atoms with Gasteiger partial charge in [-0.05, 0) is 35.4 Å². The van der Waals surface area contributed by atoms with Crippen LogP contribution in [0.25, 0.3) is 6.08 Å². The maximum atomic E-state index is 12.7. The maximum Gasteiger partial charge on any atom is 0.271 e. The number of ether oxygens (including phenoxy) is 2. The highest BCUT2D eigenvalue weighted by molar-refractivity contribution is 6.37. The zero-order valence-corrected chi connectivity index (χ0v) is 19.3. The first kappa shape index (κ1) is 24.6. The van der Waals surface area contributed by atoms with E-state index in [4.69, 9.17) is 32.7 Å². The van der Waals surface area contributed by atoms with Crippen molar-refractivity contribution >= 4 is 46.6 Å². The van der Waals surface area contributed by atoms with Gasteiger partial charge in [-0.15, -0.1) is 0 Å². The van der Waals surface area contributed by atoms with Crippen molar-refractivity contribution in [3.8, 4) is 17.6 Å². The van der Waals surface area contributed by atoms with Crippen LogP contribution in [0.5, 0.6) is 11.5 Å². The minimum atomic E-state index is -0.794. The number of hydrogen-bond donors (Lipinski definition) is 1. The van der Waals surface area contributed by atoms with Gasteiger partial charge in [-0.1, -0.05) is 53.5 Å². The maximum absolute atomic E-state index is 12.7. The van der Waals surface area contributed by atoms with E-state index in [9.17, 15) is 20.2 Å². The Morgan fingerprint density at radius 3 is 2.41 bits per heavy atom. The van der Waals surface area contributed by atoms with Gasteiger partial charge in [0.05, 0.1) is 27.8 Å². The first-order valence-corrected chi connectivity index (χ1v) is 10.5. The predicted octanol–water partition coefficient (Wildman–Crippen LogP) is 6.03. The number of amides is 1. The highest BCUT2D eigenvalue weighted by Crippen LogP contribution is 2.35. The average Bonchev–Trinajstić information content (AvgIpc) is 2.82. The van der Waals surface area contributed by atoms with Crippen molar-refractivity contribution in [2.24, 2.45) is 0 Å². The topological polar surface area (TPSA) is 114 Å². The van der Waals surface area contributed by atoms with Gasteiger partial charge < -0.3 is 14.8 Å². The lowest BCUT2D eigenvalue weighted by Crippen LogP contribution is -2.14. The molecular weight excluding hydrogens is 481 g/mol. The molecule has 0 spiro atoms. The quantitative estimate of drug-likeness (QED) is 0.175. The van der Waals surface area contributed by atoms with E-state index in [-0.39, 0.29) is 45.1 Å². The molecule has 0 heterocycles. The minimum absolute atomic E-state index is 0.0450. The van der Waals surface area contributed by atoms with Crippen molar-refractivity contribution < 1.29 is 19.2 Å². The lowest BCUT2D eigenvalue weighted by atomic mass is 10.1. The number of nitriles is 1. The first-order valence-electron chi connectivity index (χ1n) is 9.73. The van der Waals surface area contributed by atoms with E-state index < -0.39 is 10.8 Å². The van der Waals surface area contributed by atoms with Gasteiger partial charge in [-0.25, -0.2) is 0 Å². The number of rotatable bonds is 8. The first-order chi connectivity index (χ1) is 16.3. The van der Waals surface area contributed by atoms with E-state index in [1.54, 1.807) is 6.07 Å². The SMILES string of the molecule is COc1ccc([N+](=O)[O-])cc1NC(=O)/C(C#N)=C/c1cc(Cl)c(OCc2ccccc2)c(Cl)c1. The van der Waals surface area contributed by atoms with E-state index in [1.807, 2.05) is 30.3 Å². The highest BCUT2D eigenvalue weighted by Gasteiger charge is 2.17. The Hall–Kier alpha value is -4.06. The van der Waals surface area contributed by atoms with Gasteiger partial charge >= 0.3 is 0 Å². The zero-order chi connectivity index (χ0) is 24.7. The molecule has 1 amide bonds. The lowest BCUT2D eigenvalue weighted by molar-refractivity contribution is -0.384. The van der Waals surface area contributed by atoms with Gasteiger partial charge in [0.15, 0.2) is 5.75 Å². The smallest absolute Gasteiger partial charge is 0.271 e. The summed E-state index contributed by atoms with van der Waals surface area (Å²) in [5, 5.41) is 23.4. The Kier molecular flexibility index (Phi) is 8.09. The second-order valence-electron chi connectivity index (χ2n) is 6.85. The van der Waals surface area contributed by atoms with Crippen molar-refractivity contribution in [2.45, 2.75) is 6.61 Å². The molecule has 0 fully saturated rings. The number of benzene rings is 3. The van der Waals surface area contributed by atoms with Crippen LogP contribution in [0, 0.1) is 21.4 Å². The fourth-order valence-corrected chi connectivity index (χ4v) is 3.56. The molecule has 0 unspecified atom stereocenters. The standard InChI is InChI=1S/C24H17Cl2N3O5/c1-33-22-8-7-18(29(31)32)12-21(22)28-24(30)17(13-27)9-16-10-19(25)23(20(26)11-16)34-14-15-5-3-2-4-6-15/h2-12H,14H2,1H3,(H,28,30)/b17-9+. The molecule has 0 bridgehead atoms. The second kappa shape index (κ2) is 11.2.